The fourth-order valence-electron chi connectivity index (χ4n) is 15.6. The summed E-state index contributed by atoms with van der Waals surface area (Å²) < 4.78 is 11.3. The van der Waals surface area contributed by atoms with Gasteiger partial charge in [-0.2, -0.15) is 0 Å². The third kappa shape index (κ3) is 22.6. The number of rotatable bonds is 14. The Morgan fingerprint density at radius 2 is 0.525 bits per heavy atom. The minimum atomic E-state index is -0.783. The molecule has 10 heteroatoms. The van der Waals surface area contributed by atoms with Crippen molar-refractivity contribution in [2.75, 3.05) is 24.6 Å². The Hall–Kier alpha value is -9.96. The Morgan fingerprint density at radius 1 is 0.225 bits per heavy atom. The largest absolute Gasteiger partial charge is 1.00 e. The number of furan rings is 2. The van der Waals surface area contributed by atoms with E-state index in [1.807, 2.05) is 103 Å². The van der Waals surface area contributed by atoms with E-state index in [0.29, 0.717) is 0 Å². The van der Waals surface area contributed by atoms with Gasteiger partial charge in [0, 0.05) is 16.2 Å². The Morgan fingerprint density at radius 3 is 0.958 bits per heavy atom. The molecule has 0 saturated heterocycles. The molecule has 20 rings (SSSR count). The van der Waals surface area contributed by atoms with Crippen LogP contribution in [0.5, 0.6) is 0 Å². The predicted molar refractivity (Wildman–Crippen MR) is 503 cm³/mol. The van der Waals surface area contributed by atoms with E-state index in [1.54, 1.807) is 0 Å². The summed E-state index contributed by atoms with van der Waals surface area (Å²) in [6, 6.07) is 145. The van der Waals surface area contributed by atoms with Crippen molar-refractivity contribution in [1.82, 2.24) is 0 Å². The maximum absolute atomic E-state index is 7.30. The van der Waals surface area contributed by atoms with Crippen molar-refractivity contribution < 1.29 is 98.4 Å². The van der Waals surface area contributed by atoms with Gasteiger partial charge in [0.25, 0.3) is 0 Å². The first-order valence-electron chi connectivity index (χ1n) is 39.2. The van der Waals surface area contributed by atoms with Crippen LogP contribution >= 0.6 is 31.7 Å². The quantitative estimate of drug-likeness (QED) is 0.0469. The van der Waals surface area contributed by atoms with Crippen molar-refractivity contribution in [3.63, 3.8) is 0 Å². The summed E-state index contributed by atoms with van der Waals surface area (Å²) >= 11 is 0. The molecule has 18 aromatic rings. The Kier molecular flexibility index (Phi) is 34.9. The third-order valence-corrected chi connectivity index (χ3v) is 33.4. The second kappa shape index (κ2) is 46.2. The molecule has 0 aliphatic heterocycles. The van der Waals surface area contributed by atoms with Gasteiger partial charge in [0.2, 0.25) is 0 Å². The van der Waals surface area contributed by atoms with E-state index < -0.39 is 31.7 Å². The van der Waals surface area contributed by atoms with Crippen LogP contribution in [0.15, 0.2) is 421 Å². The van der Waals surface area contributed by atoms with Crippen molar-refractivity contribution in [3.05, 3.63) is 483 Å². The minimum absolute atomic E-state index is 0. The zero-order chi connectivity index (χ0) is 79.0. The van der Waals surface area contributed by atoms with Crippen molar-refractivity contribution in [1.29, 1.82) is 0 Å². The fourth-order valence-corrected chi connectivity index (χ4v) is 28.0. The van der Waals surface area contributed by atoms with Crippen LogP contribution in [-0.4, -0.2) is 24.6 Å². The van der Waals surface area contributed by atoms with E-state index in [4.69, 9.17) is 34.5 Å². The zero-order valence-electron chi connectivity index (χ0n) is 65.5. The summed E-state index contributed by atoms with van der Waals surface area (Å²) in [5.41, 5.74) is 17.2. The average Bonchev–Trinajstić information content (AvgIpc) is 1.63. The molecule has 0 bridgehead atoms. The smallest absolute Gasteiger partial charge is 0.458 e. The first kappa shape index (κ1) is 90.8. The van der Waals surface area contributed by atoms with Crippen molar-refractivity contribution >= 4 is 118 Å². The first-order valence-corrected chi connectivity index (χ1v) is 46.0. The molecule has 0 fully saturated rings. The van der Waals surface area contributed by atoms with Crippen LogP contribution in [0.25, 0.3) is 66.1 Å². The Bertz CT molecular complexity index is 5990. The normalized spacial score (nSPS) is 10.7. The molecule has 120 heavy (non-hydrogen) atoms. The van der Waals surface area contributed by atoms with Crippen molar-refractivity contribution in [3.8, 4) is 45.9 Å². The van der Waals surface area contributed by atoms with Crippen LogP contribution in [0, 0.1) is 49.4 Å². The van der Waals surface area contributed by atoms with Crippen LogP contribution in [0.1, 0.15) is 44.5 Å². The molecule has 0 saturated carbocycles. The molecular weight excluding hydrogens is 2260 g/mol. The van der Waals surface area contributed by atoms with Gasteiger partial charge in [0.15, 0.2) is 0 Å². The summed E-state index contributed by atoms with van der Waals surface area (Å²) in [5.74, 6) is 9.77. The Balaban J connectivity index is 0.000000143. The topological polar surface area (TPSA) is 26.3 Å². The average molecular weight is 2350 g/mol. The summed E-state index contributed by atoms with van der Waals surface area (Å²) in [5, 5.41) is 16.3. The van der Waals surface area contributed by atoms with Crippen LogP contribution in [-0.2, 0) is 102 Å². The van der Waals surface area contributed by atoms with Gasteiger partial charge >= 0.3 is 89.5 Å². The Labute approximate surface area is 774 Å². The molecule has 596 valence electrons. The first-order chi connectivity index (χ1) is 57.4. The molecular formula is C110H84Au4O2P4+4. The summed E-state index contributed by atoms with van der Waals surface area (Å²) in [6.07, 6.45) is 35.8. The molecule has 0 N–H and O–H groups in total. The van der Waals surface area contributed by atoms with Crippen molar-refractivity contribution in [2.45, 2.75) is 12.8 Å². The van der Waals surface area contributed by atoms with E-state index >= 15 is 0 Å². The van der Waals surface area contributed by atoms with Gasteiger partial charge in [0.05, 0.1) is 74.1 Å². The van der Waals surface area contributed by atoms with Gasteiger partial charge in [0.1, 0.15) is 47.0 Å². The molecule has 16 aromatic carbocycles. The van der Waals surface area contributed by atoms with Gasteiger partial charge < -0.3 is 34.5 Å². The molecule has 0 radical (unpaired) electrons. The number of para-hydroxylation sites is 2. The van der Waals surface area contributed by atoms with Gasteiger partial charge in [-0.15, -0.1) is 58.7 Å². The second-order valence-electron chi connectivity index (χ2n) is 28.3. The van der Waals surface area contributed by atoms with Crippen LogP contribution in [0.3, 0.4) is 0 Å². The predicted octanol–water partition coefficient (Wildman–Crippen LogP) is 22.9. The summed E-state index contributed by atoms with van der Waals surface area (Å²) in [7, 11) is -3.13. The number of hydrogen-bond donors (Lipinski definition) is 0. The van der Waals surface area contributed by atoms with Crippen molar-refractivity contribution in [2.24, 2.45) is 0 Å². The van der Waals surface area contributed by atoms with Gasteiger partial charge in [-0.3, -0.25) is 23.7 Å². The zero-order valence-corrected chi connectivity index (χ0v) is 78.2. The standard InChI is InChI=1S/2C26H24P2.2C15H9.2C14H7O.4Au/c2*1-5-13-23(14-6-1)27(24-15-7-2-8-16-24)21-22-28(25-17-9-3-10-18-25)26-19-11-4-12-20-26;1-2-11-7-5-8-13-10-12-6-3-4-9-14(12)15(11)13;1-2-11-7-8-15-13(9-11)10-12-5-3-4-6-14(12)15;1-2-10-6-5-9-13-14(10)11-7-3-4-8-12(11)15-13;1-2-10-7-8-14-12(9-10)11-5-3-4-6-13(11)15-14;;;;/h2*1-20H,21-22H2;2*3-9H,10H2;2*3-9H;;;;/q;;4*-1;4*+1/p+4. The van der Waals surface area contributed by atoms with Crippen LogP contribution in [0.2, 0.25) is 0 Å². The van der Waals surface area contributed by atoms with E-state index in [1.165, 1.54) is 112 Å². The van der Waals surface area contributed by atoms with E-state index in [2.05, 4.69) is 333 Å². The summed E-state index contributed by atoms with van der Waals surface area (Å²) in [6.45, 7) is 0. The number of fused-ring (bicyclic) bond motifs is 12. The minimum Gasteiger partial charge on any atom is -0.458 e. The van der Waals surface area contributed by atoms with Gasteiger partial charge in [-0.1, -0.05) is 271 Å². The van der Waals surface area contributed by atoms with Gasteiger partial charge in [-0.05, 0) is 167 Å². The van der Waals surface area contributed by atoms with Crippen LogP contribution < -0.4 is 42.4 Å². The monoisotopic (exact) mass is 2350 g/mol. The molecule has 0 spiro atoms. The third-order valence-electron chi connectivity index (χ3n) is 21.2. The van der Waals surface area contributed by atoms with E-state index in [9.17, 15) is 0 Å². The maximum atomic E-state index is 7.30. The van der Waals surface area contributed by atoms with E-state index in [-0.39, 0.29) is 89.5 Å². The molecule has 2 nitrogen and oxygen atoms in total. The molecule has 2 aliphatic rings. The van der Waals surface area contributed by atoms with E-state index in [0.717, 1.165) is 79.0 Å². The van der Waals surface area contributed by atoms with Gasteiger partial charge in [-0.25, -0.2) is 0 Å². The maximum Gasteiger partial charge on any atom is 1.00 e. The molecule has 0 unspecified atom stereocenters. The molecule has 2 aliphatic carbocycles. The fraction of sp³-hybridized carbons (Fsp3) is 0.0545. The molecule has 0 amide bonds. The number of hydrogen-bond acceptors (Lipinski definition) is 2. The molecule has 2 heterocycles. The summed E-state index contributed by atoms with van der Waals surface area (Å²) in [4.78, 5) is 0. The molecule has 0 atom stereocenters. The second-order valence-corrected chi connectivity index (χ2v) is 38.8. The number of benzene rings is 16. The SMILES string of the molecule is [Au+].[Au+].[Au+].[Au+].[C-]#Cc1ccc2c(c1)Cc1ccccc1-2.[C-]#Cc1ccc2oc3ccccc3c2c1.[C-]#Cc1cccc2c1-c1ccccc1C2.[C-]#Cc1cccc2oc3ccccc3c12.c1ccc([PH+](CC[PH+](c2ccccc2)c2ccccc2)c2ccccc2)cc1.c1ccc([PH+](CC[PH+](c2ccccc2)c2ccccc2)c2ccccc2)cc1. The van der Waals surface area contributed by atoms with Crippen LogP contribution in [0.4, 0.5) is 0 Å². The molecule has 2 aromatic heterocycles.